The number of halogens is 2. The zero-order valence-corrected chi connectivity index (χ0v) is 14.9. The lowest BCUT2D eigenvalue weighted by Gasteiger charge is -2.07. The fraction of sp³-hybridized carbons (Fsp3) is 0. The lowest BCUT2D eigenvalue weighted by molar-refractivity contribution is 0.597. The number of nitrogen functional groups attached to an aromatic ring is 1. The molecule has 2 aromatic carbocycles. The third-order valence-electron chi connectivity index (χ3n) is 3.52. The minimum atomic E-state index is -3.97. The highest BCUT2D eigenvalue weighted by molar-refractivity contribution is 7.93. The number of thiophene rings is 1. The van der Waals surface area contributed by atoms with Crippen molar-refractivity contribution in [1.29, 1.82) is 5.26 Å². The summed E-state index contributed by atoms with van der Waals surface area (Å²) in [4.78, 5) is -0.0742. The summed E-state index contributed by atoms with van der Waals surface area (Å²) in [5.41, 5.74) is 6.69. The first-order valence-electron chi connectivity index (χ1n) is 6.93. The minimum absolute atomic E-state index is 0.0597. The maximum Gasteiger partial charge on any atom is 0.216 e. The lowest BCUT2D eigenvalue weighted by Crippen LogP contribution is -2.02. The zero-order chi connectivity index (χ0) is 18.2. The van der Waals surface area contributed by atoms with Crippen LogP contribution in [0.15, 0.2) is 57.6 Å². The van der Waals surface area contributed by atoms with Crippen molar-refractivity contribution in [2.24, 2.45) is 0 Å². The molecule has 0 spiro atoms. The number of benzene rings is 2. The van der Waals surface area contributed by atoms with Crippen LogP contribution in [0.5, 0.6) is 0 Å². The molecule has 25 heavy (non-hydrogen) atoms. The van der Waals surface area contributed by atoms with Crippen molar-refractivity contribution >= 4 is 37.8 Å². The summed E-state index contributed by atoms with van der Waals surface area (Å²) < 4.78 is 39.0. The van der Waals surface area contributed by atoms with Crippen molar-refractivity contribution in [2.75, 3.05) is 5.73 Å². The predicted octanol–water partition coefficient (Wildman–Crippen LogP) is 4.49. The van der Waals surface area contributed by atoms with Gasteiger partial charge in [0.05, 0.1) is 10.5 Å². The topological polar surface area (TPSA) is 83.9 Å². The van der Waals surface area contributed by atoms with E-state index in [9.17, 15) is 18.1 Å². The van der Waals surface area contributed by atoms with Crippen LogP contribution in [0, 0.1) is 17.1 Å². The summed E-state index contributed by atoms with van der Waals surface area (Å²) in [7, 11) is -3.97. The highest BCUT2D eigenvalue weighted by Crippen LogP contribution is 2.43. The molecular weight excluding hydrogens is 383 g/mol. The van der Waals surface area contributed by atoms with Crippen LogP contribution in [-0.4, -0.2) is 8.42 Å². The molecule has 126 valence electrons. The molecule has 0 amide bonds. The lowest BCUT2D eigenvalue weighted by atomic mass is 10.1. The van der Waals surface area contributed by atoms with E-state index < -0.39 is 15.7 Å². The number of hydrogen-bond acceptors (Lipinski definition) is 5. The fourth-order valence-electron chi connectivity index (χ4n) is 2.33. The summed E-state index contributed by atoms with van der Waals surface area (Å²) in [6.07, 6.45) is 0. The van der Waals surface area contributed by atoms with E-state index in [0.717, 1.165) is 23.5 Å². The Labute approximate surface area is 152 Å². The van der Waals surface area contributed by atoms with E-state index in [1.165, 1.54) is 12.1 Å². The summed E-state index contributed by atoms with van der Waals surface area (Å²) in [6.45, 7) is 0. The van der Waals surface area contributed by atoms with Crippen LogP contribution in [0.4, 0.5) is 9.39 Å². The van der Waals surface area contributed by atoms with E-state index >= 15 is 0 Å². The molecule has 0 saturated heterocycles. The molecule has 4 nitrogen and oxygen atoms in total. The Morgan fingerprint density at radius 1 is 1.08 bits per heavy atom. The van der Waals surface area contributed by atoms with E-state index in [-0.39, 0.29) is 25.2 Å². The second-order valence-electron chi connectivity index (χ2n) is 5.08. The third kappa shape index (κ3) is 3.12. The molecule has 2 N–H and O–H groups in total. The SMILES string of the molecule is N#Cc1c(N)sc(S(=O)(=O)c2ccc(F)cc2)c1-c1ccc(Cl)cc1. The quantitative estimate of drug-likeness (QED) is 0.665. The zero-order valence-electron chi connectivity index (χ0n) is 12.5. The molecule has 0 fully saturated rings. The van der Waals surface area contributed by atoms with Crippen LogP contribution < -0.4 is 5.73 Å². The molecule has 8 heteroatoms. The normalized spacial score (nSPS) is 11.2. The van der Waals surface area contributed by atoms with Gasteiger partial charge < -0.3 is 5.73 Å². The smallest absolute Gasteiger partial charge is 0.216 e. The van der Waals surface area contributed by atoms with Crippen molar-refractivity contribution in [1.82, 2.24) is 0 Å². The first-order chi connectivity index (χ1) is 11.8. The molecule has 1 heterocycles. The fourth-order valence-corrected chi connectivity index (χ4v) is 5.42. The number of hydrogen-bond donors (Lipinski definition) is 1. The predicted molar refractivity (Wildman–Crippen MR) is 95.7 cm³/mol. The minimum Gasteiger partial charge on any atom is -0.389 e. The highest BCUT2D eigenvalue weighted by Gasteiger charge is 2.29. The molecule has 1 aromatic heterocycles. The molecule has 0 aliphatic carbocycles. The standard InChI is InChI=1S/C17H10ClFN2O2S2/c18-11-3-1-10(2-4-11)15-14(9-20)16(21)24-17(15)25(22,23)13-7-5-12(19)6-8-13/h1-8H,21H2. The van der Waals surface area contributed by atoms with Gasteiger partial charge in [-0.15, -0.1) is 11.3 Å². The van der Waals surface area contributed by atoms with Gasteiger partial charge in [0.25, 0.3) is 0 Å². The van der Waals surface area contributed by atoms with E-state index in [4.69, 9.17) is 17.3 Å². The molecule has 0 saturated carbocycles. The monoisotopic (exact) mass is 392 g/mol. The van der Waals surface area contributed by atoms with Crippen molar-refractivity contribution in [3.05, 3.63) is 64.9 Å². The number of anilines is 1. The van der Waals surface area contributed by atoms with Gasteiger partial charge in [0, 0.05) is 10.6 Å². The largest absolute Gasteiger partial charge is 0.389 e. The Balaban J connectivity index is 2.28. The second-order valence-corrected chi connectivity index (χ2v) is 8.71. The van der Waals surface area contributed by atoms with Crippen molar-refractivity contribution in [3.63, 3.8) is 0 Å². The van der Waals surface area contributed by atoms with Crippen molar-refractivity contribution in [2.45, 2.75) is 9.10 Å². The first-order valence-corrected chi connectivity index (χ1v) is 9.61. The van der Waals surface area contributed by atoms with Gasteiger partial charge in [-0.05, 0) is 42.0 Å². The van der Waals surface area contributed by atoms with E-state index in [1.807, 2.05) is 6.07 Å². The van der Waals surface area contributed by atoms with Crippen LogP contribution in [0.2, 0.25) is 5.02 Å². The van der Waals surface area contributed by atoms with E-state index in [1.54, 1.807) is 24.3 Å². The van der Waals surface area contributed by atoms with Crippen LogP contribution >= 0.6 is 22.9 Å². The highest BCUT2D eigenvalue weighted by atomic mass is 35.5. The Bertz CT molecular complexity index is 1080. The van der Waals surface area contributed by atoms with Gasteiger partial charge in [-0.25, -0.2) is 12.8 Å². The molecule has 0 aliphatic heterocycles. The second kappa shape index (κ2) is 6.48. The number of nitrogens with zero attached hydrogens (tertiary/aromatic N) is 1. The number of sulfone groups is 1. The Hall–Kier alpha value is -2.40. The van der Waals surface area contributed by atoms with E-state index in [0.29, 0.717) is 10.6 Å². The summed E-state index contributed by atoms with van der Waals surface area (Å²) in [6, 6.07) is 12.9. The molecular formula is C17H10ClFN2O2S2. The van der Waals surface area contributed by atoms with Crippen molar-refractivity contribution in [3.8, 4) is 17.2 Å². The van der Waals surface area contributed by atoms with Crippen LogP contribution in [0.25, 0.3) is 11.1 Å². The van der Waals surface area contributed by atoms with Crippen LogP contribution in [0.1, 0.15) is 5.56 Å². The summed E-state index contributed by atoms with van der Waals surface area (Å²) in [5, 5.41) is 9.99. The van der Waals surface area contributed by atoms with E-state index in [2.05, 4.69) is 0 Å². The van der Waals surface area contributed by atoms with Gasteiger partial charge in [-0.3, -0.25) is 0 Å². The van der Waals surface area contributed by atoms with Gasteiger partial charge in [0.2, 0.25) is 9.84 Å². The van der Waals surface area contributed by atoms with Gasteiger partial charge in [0.15, 0.2) is 0 Å². The van der Waals surface area contributed by atoms with Crippen LogP contribution in [-0.2, 0) is 9.84 Å². The van der Waals surface area contributed by atoms with Gasteiger partial charge in [-0.1, -0.05) is 23.7 Å². The number of nitriles is 1. The molecule has 3 rings (SSSR count). The molecule has 0 radical (unpaired) electrons. The van der Waals surface area contributed by atoms with Gasteiger partial charge in [-0.2, -0.15) is 5.26 Å². The summed E-state index contributed by atoms with van der Waals surface area (Å²) >= 11 is 6.69. The molecule has 3 aromatic rings. The van der Waals surface area contributed by atoms with Gasteiger partial charge >= 0.3 is 0 Å². The average molecular weight is 393 g/mol. The Morgan fingerprint density at radius 2 is 1.68 bits per heavy atom. The Kier molecular flexibility index (Phi) is 4.52. The van der Waals surface area contributed by atoms with Crippen LogP contribution in [0.3, 0.4) is 0 Å². The average Bonchev–Trinajstić information content (AvgIpc) is 2.93. The Morgan fingerprint density at radius 3 is 2.24 bits per heavy atom. The summed E-state index contributed by atoms with van der Waals surface area (Å²) in [5.74, 6) is -0.541. The molecule has 0 bridgehead atoms. The third-order valence-corrected chi connectivity index (χ3v) is 7.07. The number of rotatable bonds is 3. The van der Waals surface area contributed by atoms with Gasteiger partial charge in [0.1, 0.15) is 21.1 Å². The molecule has 0 unspecified atom stereocenters. The molecule has 0 atom stereocenters. The number of nitrogens with two attached hydrogens (primary N) is 1. The maximum atomic E-state index is 13.1. The molecule has 0 aliphatic rings. The van der Waals surface area contributed by atoms with Crippen molar-refractivity contribution < 1.29 is 12.8 Å². The first kappa shape index (κ1) is 17.4. The maximum absolute atomic E-state index is 13.1.